The Morgan fingerprint density at radius 3 is 3.07 bits per heavy atom. The van der Waals surface area contributed by atoms with Crippen LogP contribution in [-0.2, 0) is 0 Å². The van der Waals surface area contributed by atoms with Crippen LogP contribution in [0.2, 0.25) is 0 Å². The number of nitrogens with zero attached hydrogens (tertiary/aromatic N) is 1. The van der Waals surface area contributed by atoms with E-state index < -0.39 is 0 Å². The Morgan fingerprint density at radius 1 is 1.64 bits per heavy atom. The maximum absolute atomic E-state index is 5.97. The zero-order chi connectivity index (χ0) is 10.4. The number of hydrogen-bond donors (Lipinski definition) is 1. The zero-order valence-electron chi connectivity index (χ0n) is 8.53. The van der Waals surface area contributed by atoms with Crippen molar-refractivity contribution in [1.82, 2.24) is 4.98 Å². The number of nitrogens with two attached hydrogens (primary N) is 1. The second-order valence-electron chi connectivity index (χ2n) is 3.46. The molecule has 14 heavy (non-hydrogen) atoms. The van der Waals surface area contributed by atoms with Crippen LogP contribution in [0, 0.1) is 19.3 Å². The Labute approximate surface area is 85.5 Å². The molecule has 0 saturated heterocycles. The Bertz CT molecular complexity index is 325. The minimum atomic E-state index is 0.0169. The van der Waals surface area contributed by atoms with Gasteiger partial charge in [0.05, 0.1) is 5.69 Å². The molecule has 74 valence electrons. The van der Waals surface area contributed by atoms with Gasteiger partial charge >= 0.3 is 0 Å². The molecule has 1 rings (SSSR count). The second-order valence-corrected chi connectivity index (χ2v) is 3.46. The van der Waals surface area contributed by atoms with Crippen LogP contribution >= 0.6 is 0 Å². The fourth-order valence-corrected chi connectivity index (χ4v) is 1.33. The minimum Gasteiger partial charge on any atom is -0.323 e. The highest BCUT2D eigenvalue weighted by atomic mass is 14.8. The molecular formula is C12H16N2. The number of rotatable bonds is 4. The summed E-state index contributed by atoms with van der Waals surface area (Å²) in [6, 6.07) is 4.02. The molecule has 0 amide bonds. The van der Waals surface area contributed by atoms with Crippen LogP contribution in [0.1, 0.15) is 36.6 Å². The minimum absolute atomic E-state index is 0.0169. The lowest BCUT2D eigenvalue weighted by Crippen LogP contribution is -2.11. The molecule has 1 aromatic rings. The van der Waals surface area contributed by atoms with Crippen LogP contribution in [0.25, 0.3) is 0 Å². The van der Waals surface area contributed by atoms with Crippen molar-refractivity contribution in [2.75, 3.05) is 0 Å². The molecule has 0 fully saturated rings. The third kappa shape index (κ3) is 3.20. The molecule has 0 saturated carbocycles. The van der Waals surface area contributed by atoms with Crippen LogP contribution in [0.5, 0.6) is 0 Å². The third-order valence-corrected chi connectivity index (χ3v) is 2.15. The van der Waals surface area contributed by atoms with Gasteiger partial charge in [0.15, 0.2) is 0 Å². The first-order chi connectivity index (χ1) is 6.74. The molecule has 0 aliphatic carbocycles. The number of terminal acetylenes is 1. The van der Waals surface area contributed by atoms with E-state index in [2.05, 4.69) is 10.9 Å². The molecule has 1 aromatic heterocycles. The lowest BCUT2D eigenvalue weighted by molar-refractivity contribution is 0.606. The highest BCUT2D eigenvalue weighted by Crippen LogP contribution is 2.14. The number of hydrogen-bond acceptors (Lipinski definition) is 2. The standard InChI is InChI=1S/C12H16N2/c1-3-4-5-6-11(13)12-9-10(2)7-8-14-12/h1,7-9,11H,4-6,13H2,2H3. The molecule has 0 aromatic carbocycles. The predicted octanol–water partition coefficient (Wildman–Crippen LogP) is 2.19. The number of unbranched alkanes of at least 4 members (excludes halogenated alkanes) is 1. The second kappa shape index (κ2) is 5.41. The van der Waals surface area contributed by atoms with Crippen molar-refractivity contribution < 1.29 is 0 Å². The Balaban J connectivity index is 2.52. The summed E-state index contributed by atoms with van der Waals surface area (Å²) in [6.07, 6.45) is 9.63. The highest BCUT2D eigenvalue weighted by molar-refractivity contribution is 5.16. The first kappa shape index (κ1) is 10.7. The van der Waals surface area contributed by atoms with Crippen LogP contribution in [0.15, 0.2) is 18.3 Å². The van der Waals surface area contributed by atoms with Crippen LogP contribution in [-0.4, -0.2) is 4.98 Å². The topological polar surface area (TPSA) is 38.9 Å². The van der Waals surface area contributed by atoms with E-state index in [1.54, 1.807) is 6.20 Å². The van der Waals surface area contributed by atoms with Crippen molar-refractivity contribution in [2.24, 2.45) is 5.73 Å². The molecule has 0 aliphatic rings. The third-order valence-electron chi connectivity index (χ3n) is 2.15. The van der Waals surface area contributed by atoms with Gasteiger partial charge in [-0.25, -0.2) is 0 Å². The molecule has 1 heterocycles. The van der Waals surface area contributed by atoms with Gasteiger partial charge < -0.3 is 5.73 Å². The molecule has 0 bridgehead atoms. The fourth-order valence-electron chi connectivity index (χ4n) is 1.33. The zero-order valence-corrected chi connectivity index (χ0v) is 8.53. The Morgan fingerprint density at radius 2 is 2.43 bits per heavy atom. The number of aromatic nitrogens is 1. The summed E-state index contributed by atoms with van der Waals surface area (Å²) >= 11 is 0. The van der Waals surface area contributed by atoms with Gasteiger partial charge in [-0.15, -0.1) is 12.3 Å². The van der Waals surface area contributed by atoms with Gasteiger partial charge in [-0.05, 0) is 37.5 Å². The van der Waals surface area contributed by atoms with Gasteiger partial charge in [0, 0.05) is 18.7 Å². The summed E-state index contributed by atoms with van der Waals surface area (Å²) in [5.41, 5.74) is 8.13. The van der Waals surface area contributed by atoms with E-state index in [0.29, 0.717) is 0 Å². The quantitative estimate of drug-likeness (QED) is 0.581. The summed E-state index contributed by atoms with van der Waals surface area (Å²) < 4.78 is 0. The van der Waals surface area contributed by atoms with Gasteiger partial charge in [0.25, 0.3) is 0 Å². The largest absolute Gasteiger partial charge is 0.323 e. The lowest BCUT2D eigenvalue weighted by atomic mass is 10.1. The summed E-state index contributed by atoms with van der Waals surface area (Å²) in [6.45, 7) is 2.04. The normalized spacial score (nSPS) is 12.1. The summed E-state index contributed by atoms with van der Waals surface area (Å²) in [7, 11) is 0. The average Bonchev–Trinajstić information content (AvgIpc) is 2.18. The van der Waals surface area contributed by atoms with Gasteiger partial charge in [-0.2, -0.15) is 0 Å². The number of pyridine rings is 1. The fraction of sp³-hybridized carbons (Fsp3) is 0.417. The SMILES string of the molecule is C#CCCCC(N)c1cc(C)ccn1. The lowest BCUT2D eigenvalue weighted by Gasteiger charge is -2.10. The molecular weight excluding hydrogens is 172 g/mol. The molecule has 0 aliphatic heterocycles. The predicted molar refractivity (Wildman–Crippen MR) is 58.6 cm³/mol. The molecule has 1 unspecified atom stereocenters. The van der Waals surface area contributed by atoms with Gasteiger partial charge in [0.2, 0.25) is 0 Å². The summed E-state index contributed by atoms with van der Waals surface area (Å²) in [5.74, 6) is 2.61. The molecule has 0 radical (unpaired) electrons. The maximum atomic E-state index is 5.97. The van der Waals surface area contributed by atoms with Crippen molar-refractivity contribution in [3.63, 3.8) is 0 Å². The molecule has 0 spiro atoms. The van der Waals surface area contributed by atoms with Crippen LogP contribution < -0.4 is 5.73 Å². The molecule has 2 heteroatoms. The maximum Gasteiger partial charge on any atom is 0.0573 e. The molecule has 2 nitrogen and oxygen atoms in total. The summed E-state index contributed by atoms with van der Waals surface area (Å²) in [5, 5.41) is 0. The van der Waals surface area contributed by atoms with Crippen molar-refractivity contribution >= 4 is 0 Å². The van der Waals surface area contributed by atoms with E-state index in [4.69, 9.17) is 12.2 Å². The number of aryl methyl sites for hydroxylation is 1. The Hall–Kier alpha value is -1.33. The van der Waals surface area contributed by atoms with Crippen molar-refractivity contribution in [2.45, 2.75) is 32.2 Å². The van der Waals surface area contributed by atoms with E-state index in [9.17, 15) is 0 Å². The first-order valence-electron chi connectivity index (χ1n) is 4.85. The Kier molecular flexibility index (Phi) is 4.15. The van der Waals surface area contributed by atoms with E-state index >= 15 is 0 Å². The van der Waals surface area contributed by atoms with E-state index in [1.165, 1.54) is 5.56 Å². The summed E-state index contributed by atoms with van der Waals surface area (Å²) in [4.78, 5) is 4.24. The van der Waals surface area contributed by atoms with E-state index in [-0.39, 0.29) is 6.04 Å². The van der Waals surface area contributed by atoms with Crippen molar-refractivity contribution in [1.29, 1.82) is 0 Å². The van der Waals surface area contributed by atoms with E-state index in [1.807, 2.05) is 19.1 Å². The molecule has 1 atom stereocenters. The van der Waals surface area contributed by atoms with Crippen molar-refractivity contribution in [3.05, 3.63) is 29.6 Å². The van der Waals surface area contributed by atoms with Gasteiger partial charge in [-0.1, -0.05) is 0 Å². The van der Waals surface area contributed by atoms with Gasteiger partial charge in [0.1, 0.15) is 0 Å². The smallest absolute Gasteiger partial charge is 0.0573 e. The molecule has 2 N–H and O–H groups in total. The van der Waals surface area contributed by atoms with Crippen molar-refractivity contribution in [3.8, 4) is 12.3 Å². The van der Waals surface area contributed by atoms with Crippen LogP contribution in [0.4, 0.5) is 0 Å². The van der Waals surface area contributed by atoms with Crippen LogP contribution in [0.3, 0.4) is 0 Å². The average molecular weight is 188 g/mol. The van der Waals surface area contributed by atoms with E-state index in [0.717, 1.165) is 25.0 Å². The monoisotopic (exact) mass is 188 g/mol. The van der Waals surface area contributed by atoms with Gasteiger partial charge in [-0.3, -0.25) is 4.98 Å². The highest BCUT2D eigenvalue weighted by Gasteiger charge is 2.06. The first-order valence-corrected chi connectivity index (χ1v) is 4.85.